The largest absolute Gasteiger partial charge is 0.367 e. The highest BCUT2D eigenvalue weighted by atomic mass is 16.1. The Morgan fingerprint density at radius 3 is 2.58 bits per heavy atom. The first-order valence-corrected chi connectivity index (χ1v) is 6.10. The second-order valence-electron chi connectivity index (χ2n) is 4.45. The molecular weight excluding hydrogens is 240 g/mol. The van der Waals surface area contributed by atoms with Crippen LogP contribution in [0.4, 0.5) is 0 Å². The molecule has 2 rings (SSSR count). The number of H-pyrrole nitrogens is 1. The van der Waals surface area contributed by atoms with Crippen LogP contribution in [0.2, 0.25) is 0 Å². The van der Waals surface area contributed by atoms with Crippen molar-refractivity contribution < 1.29 is 9.59 Å². The molecule has 4 nitrogen and oxygen atoms in total. The number of ketones is 1. The SMILES string of the molecule is CC(=O)c1c[nH]cc1CNC(=O)c1ccccc1C. The zero-order valence-electron chi connectivity index (χ0n) is 11.0. The molecule has 4 heteroatoms. The molecule has 0 fully saturated rings. The Morgan fingerprint density at radius 1 is 1.16 bits per heavy atom. The van der Waals surface area contributed by atoms with Gasteiger partial charge in [-0.15, -0.1) is 0 Å². The molecule has 0 bridgehead atoms. The first kappa shape index (κ1) is 13.1. The van der Waals surface area contributed by atoms with Crippen molar-refractivity contribution >= 4 is 11.7 Å². The van der Waals surface area contributed by atoms with E-state index in [1.807, 2.05) is 25.1 Å². The number of aromatic amines is 1. The van der Waals surface area contributed by atoms with Crippen LogP contribution in [0.15, 0.2) is 36.7 Å². The van der Waals surface area contributed by atoms with Crippen LogP contribution in [0, 0.1) is 6.92 Å². The third kappa shape index (κ3) is 2.91. The number of rotatable bonds is 4. The predicted octanol–water partition coefficient (Wildman–Crippen LogP) is 2.46. The average molecular weight is 256 g/mol. The maximum absolute atomic E-state index is 12.0. The Labute approximate surface area is 111 Å². The summed E-state index contributed by atoms with van der Waals surface area (Å²) in [4.78, 5) is 26.3. The fourth-order valence-electron chi connectivity index (χ4n) is 1.97. The standard InChI is InChI=1S/C15H16N2O2/c1-10-5-3-4-6-13(10)15(19)17-8-12-7-16-9-14(12)11(2)18/h3-7,9,16H,8H2,1-2H3,(H,17,19). The molecule has 0 atom stereocenters. The minimum Gasteiger partial charge on any atom is -0.367 e. The Morgan fingerprint density at radius 2 is 1.89 bits per heavy atom. The molecule has 0 saturated heterocycles. The monoisotopic (exact) mass is 256 g/mol. The van der Waals surface area contributed by atoms with Crippen molar-refractivity contribution in [1.29, 1.82) is 0 Å². The molecule has 0 aliphatic heterocycles. The van der Waals surface area contributed by atoms with Crippen LogP contribution in [0.3, 0.4) is 0 Å². The molecule has 2 N–H and O–H groups in total. The number of hydrogen-bond donors (Lipinski definition) is 2. The molecule has 0 spiro atoms. The molecule has 0 aliphatic rings. The third-order valence-corrected chi connectivity index (χ3v) is 3.04. The number of aromatic nitrogens is 1. The fourth-order valence-corrected chi connectivity index (χ4v) is 1.97. The van der Waals surface area contributed by atoms with Gasteiger partial charge < -0.3 is 10.3 Å². The van der Waals surface area contributed by atoms with Gasteiger partial charge in [0.25, 0.3) is 5.91 Å². The van der Waals surface area contributed by atoms with Gasteiger partial charge in [0.1, 0.15) is 0 Å². The summed E-state index contributed by atoms with van der Waals surface area (Å²) in [5.41, 5.74) is 3.00. The van der Waals surface area contributed by atoms with Crippen molar-refractivity contribution in [2.45, 2.75) is 20.4 Å². The molecule has 2 aromatic rings. The number of hydrogen-bond acceptors (Lipinski definition) is 2. The second kappa shape index (κ2) is 5.52. The van der Waals surface area contributed by atoms with E-state index in [-0.39, 0.29) is 11.7 Å². The molecule has 1 amide bonds. The molecular formula is C15H16N2O2. The Balaban J connectivity index is 2.07. The lowest BCUT2D eigenvalue weighted by molar-refractivity contribution is 0.0946. The van der Waals surface area contributed by atoms with Gasteiger partial charge in [0, 0.05) is 30.1 Å². The smallest absolute Gasteiger partial charge is 0.251 e. The van der Waals surface area contributed by atoms with E-state index < -0.39 is 0 Å². The second-order valence-corrected chi connectivity index (χ2v) is 4.45. The summed E-state index contributed by atoms with van der Waals surface area (Å²) in [6.07, 6.45) is 3.38. The lowest BCUT2D eigenvalue weighted by Crippen LogP contribution is -2.24. The topological polar surface area (TPSA) is 62.0 Å². The summed E-state index contributed by atoms with van der Waals surface area (Å²) in [5.74, 6) is -0.143. The number of amides is 1. The maximum atomic E-state index is 12.0. The maximum Gasteiger partial charge on any atom is 0.251 e. The molecule has 0 radical (unpaired) electrons. The summed E-state index contributed by atoms with van der Waals surface area (Å²) in [5, 5.41) is 2.83. The summed E-state index contributed by atoms with van der Waals surface area (Å²) in [6.45, 7) is 3.74. The summed E-state index contributed by atoms with van der Waals surface area (Å²) in [6, 6.07) is 7.41. The molecule has 0 saturated carbocycles. The molecule has 19 heavy (non-hydrogen) atoms. The molecule has 98 valence electrons. The Bertz CT molecular complexity index is 614. The van der Waals surface area contributed by atoms with Crippen molar-refractivity contribution in [1.82, 2.24) is 10.3 Å². The minimum atomic E-state index is -0.131. The van der Waals surface area contributed by atoms with Crippen LogP contribution >= 0.6 is 0 Å². The van der Waals surface area contributed by atoms with E-state index in [0.29, 0.717) is 17.7 Å². The number of aryl methyl sites for hydroxylation is 1. The summed E-state index contributed by atoms with van der Waals surface area (Å²) >= 11 is 0. The van der Waals surface area contributed by atoms with Crippen LogP contribution in [-0.4, -0.2) is 16.7 Å². The van der Waals surface area contributed by atoms with Crippen LogP contribution in [0.25, 0.3) is 0 Å². The van der Waals surface area contributed by atoms with Gasteiger partial charge in [-0.3, -0.25) is 9.59 Å². The van der Waals surface area contributed by atoms with Crippen molar-refractivity contribution in [2.24, 2.45) is 0 Å². The van der Waals surface area contributed by atoms with Gasteiger partial charge in [0.2, 0.25) is 0 Å². The van der Waals surface area contributed by atoms with Gasteiger partial charge in [-0.05, 0) is 31.0 Å². The quantitative estimate of drug-likeness (QED) is 0.825. The lowest BCUT2D eigenvalue weighted by Gasteiger charge is -2.07. The van der Waals surface area contributed by atoms with Crippen LogP contribution in [0.5, 0.6) is 0 Å². The van der Waals surface area contributed by atoms with Gasteiger partial charge in [-0.2, -0.15) is 0 Å². The highest BCUT2D eigenvalue weighted by Gasteiger charge is 2.11. The highest BCUT2D eigenvalue weighted by molar-refractivity contribution is 5.97. The fraction of sp³-hybridized carbons (Fsp3) is 0.200. The predicted molar refractivity (Wildman–Crippen MR) is 73.1 cm³/mol. The van der Waals surface area contributed by atoms with Crippen molar-refractivity contribution in [3.63, 3.8) is 0 Å². The van der Waals surface area contributed by atoms with E-state index in [2.05, 4.69) is 10.3 Å². The van der Waals surface area contributed by atoms with Crippen LogP contribution in [0.1, 0.15) is 38.8 Å². The van der Waals surface area contributed by atoms with E-state index in [4.69, 9.17) is 0 Å². The zero-order valence-corrected chi connectivity index (χ0v) is 11.0. The number of carbonyl (C=O) groups is 2. The van der Waals surface area contributed by atoms with Gasteiger partial charge in [0.15, 0.2) is 5.78 Å². The Kier molecular flexibility index (Phi) is 3.80. The normalized spacial score (nSPS) is 10.2. The van der Waals surface area contributed by atoms with E-state index >= 15 is 0 Å². The van der Waals surface area contributed by atoms with E-state index in [1.165, 1.54) is 6.92 Å². The molecule has 1 heterocycles. The van der Waals surface area contributed by atoms with Crippen molar-refractivity contribution in [3.05, 3.63) is 58.9 Å². The molecule has 1 aromatic carbocycles. The number of benzene rings is 1. The minimum absolute atomic E-state index is 0.0126. The lowest BCUT2D eigenvalue weighted by atomic mass is 10.1. The number of nitrogens with one attached hydrogen (secondary N) is 2. The first-order chi connectivity index (χ1) is 9.09. The number of Topliss-reactive ketones (excluding diaryl/α,β-unsaturated/α-hetero) is 1. The van der Waals surface area contributed by atoms with Crippen molar-refractivity contribution in [2.75, 3.05) is 0 Å². The van der Waals surface area contributed by atoms with Gasteiger partial charge in [-0.25, -0.2) is 0 Å². The van der Waals surface area contributed by atoms with E-state index in [9.17, 15) is 9.59 Å². The van der Waals surface area contributed by atoms with Crippen LogP contribution < -0.4 is 5.32 Å². The molecule has 0 aliphatic carbocycles. The average Bonchev–Trinajstić information content (AvgIpc) is 2.85. The molecule has 1 aromatic heterocycles. The number of carbonyl (C=O) groups excluding carboxylic acids is 2. The summed E-state index contributed by atoms with van der Waals surface area (Å²) in [7, 11) is 0. The molecule has 0 unspecified atom stereocenters. The van der Waals surface area contributed by atoms with E-state index in [1.54, 1.807) is 18.5 Å². The van der Waals surface area contributed by atoms with E-state index in [0.717, 1.165) is 11.1 Å². The first-order valence-electron chi connectivity index (χ1n) is 6.10. The zero-order chi connectivity index (χ0) is 13.8. The Hall–Kier alpha value is -2.36. The van der Waals surface area contributed by atoms with Crippen LogP contribution in [-0.2, 0) is 6.54 Å². The third-order valence-electron chi connectivity index (χ3n) is 3.04. The highest BCUT2D eigenvalue weighted by Crippen LogP contribution is 2.10. The van der Waals surface area contributed by atoms with Gasteiger partial charge in [-0.1, -0.05) is 18.2 Å². The van der Waals surface area contributed by atoms with Gasteiger partial charge in [0.05, 0.1) is 0 Å². The summed E-state index contributed by atoms with van der Waals surface area (Å²) < 4.78 is 0. The van der Waals surface area contributed by atoms with Crippen molar-refractivity contribution in [3.8, 4) is 0 Å². The van der Waals surface area contributed by atoms with Gasteiger partial charge >= 0.3 is 0 Å².